The van der Waals surface area contributed by atoms with Crippen molar-refractivity contribution in [2.75, 3.05) is 39.9 Å². The summed E-state index contributed by atoms with van der Waals surface area (Å²) in [6.45, 7) is 3.41. The maximum Gasteiger partial charge on any atom is 0.253 e. The van der Waals surface area contributed by atoms with Gasteiger partial charge in [-0.1, -0.05) is 6.07 Å². The fourth-order valence-electron chi connectivity index (χ4n) is 3.41. The number of carbonyl (C=O) groups is 1. The topological polar surface area (TPSA) is 87.7 Å². The van der Waals surface area contributed by atoms with Crippen LogP contribution >= 0.6 is 0 Å². The summed E-state index contributed by atoms with van der Waals surface area (Å²) in [5.74, 6) is 0.0683. The molecule has 1 aromatic rings. The molecule has 1 amide bonds. The van der Waals surface area contributed by atoms with Crippen molar-refractivity contribution in [3.8, 4) is 0 Å². The Balaban J connectivity index is 1.69. The van der Waals surface area contributed by atoms with Crippen LogP contribution in [0.5, 0.6) is 0 Å². The standard InChI is InChI=1S/C18H27N3O4S/c1-21(16-5-8-19-9-6-16)18(22)15-3-2-4-17(11-15)26(23,24)20-12-14-7-10-25-13-14/h2-4,11,14,16,19-20H,5-10,12-13H2,1H3. The van der Waals surface area contributed by atoms with E-state index in [1.165, 1.54) is 12.1 Å². The molecule has 0 aliphatic carbocycles. The second-order valence-corrected chi connectivity index (χ2v) is 8.77. The average Bonchev–Trinajstić information content (AvgIpc) is 3.20. The van der Waals surface area contributed by atoms with Crippen LogP contribution in [0.2, 0.25) is 0 Å². The minimum absolute atomic E-state index is 0.126. The molecule has 1 unspecified atom stereocenters. The predicted octanol–water partition coefficient (Wildman–Crippen LogP) is 0.825. The number of sulfonamides is 1. The van der Waals surface area contributed by atoms with E-state index in [2.05, 4.69) is 10.0 Å². The van der Waals surface area contributed by atoms with Crippen LogP contribution in [-0.2, 0) is 14.8 Å². The molecule has 0 bridgehead atoms. The van der Waals surface area contributed by atoms with Gasteiger partial charge in [0.05, 0.1) is 11.5 Å². The largest absolute Gasteiger partial charge is 0.381 e. The third-order valence-corrected chi connectivity index (χ3v) is 6.58. The smallest absolute Gasteiger partial charge is 0.253 e. The molecule has 2 aliphatic heterocycles. The zero-order valence-corrected chi connectivity index (χ0v) is 15.9. The van der Waals surface area contributed by atoms with Gasteiger partial charge in [-0.15, -0.1) is 0 Å². The summed E-state index contributed by atoms with van der Waals surface area (Å²) in [7, 11) is -1.85. The lowest BCUT2D eigenvalue weighted by Gasteiger charge is -2.31. The molecular weight excluding hydrogens is 354 g/mol. The van der Waals surface area contributed by atoms with E-state index < -0.39 is 10.0 Å². The summed E-state index contributed by atoms with van der Waals surface area (Å²) >= 11 is 0. The first kappa shape index (κ1) is 19.3. The van der Waals surface area contributed by atoms with Gasteiger partial charge >= 0.3 is 0 Å². The van der Waals surface area contributed by atoms with Gasteiger partial charge < -0.3 is 15.0 Å². The van der Waals surface area contributed by atoms with Crippen molar-refractivity contribution in [1.29, 1.82) is 0 Å². The van der Waals surface area contributed by atoms with Crippen LogP contribution < -0.4 is 10.0 Å². The lowest BCUT2D eigenvalue weighted by molar-refractivity contribution is 0.0703. The highest BCUT2D eigenvalue weighted by Crippen LogP contribution is 2.18. The van der Waals surface area contributed by atoms with Gasteiger partial charge in [0.2, 0.25) is 10.0 Å². The van der Waals surface area contributed by atoms with Crippen molar-refractivity contribution >= 4 is 15.9 Å². The Morgan fingerprint density at radius 2 is 2.08 bits per heavy atom. The van der Waals surface area contributed by atoms with E-state index in [4.69, 9.17) is 4.74 Å². The minimum atomic E-state index is -3.64. The summed E-state index contributed by atoms with van der Waals surface area (Å²) < 4.78 is 33.0. The molecule has 2 saturated heterocycles. The van der Waals surface area contributed by atoms with Crippen LogP contribution in [0, 0.1) is 5.92 Å². The van der Waals surface area contributed by atoms with Crippen LogP contribution in [0.15, 0.2) is 29.2 Å². The van der Waals surface area contributed by atoms with Gasteiger partial charge in [0.15, 0.2) is 0 Å². The molecule has 2 fully saturated rings. The summed E-state index contributed by atoms with van der Waals surface area (Å²) in [6.07, 6.45) is 2.68. The minimum Gasteiger partial charge on any atom is -0.381 e. The first-order valence-electron chi connectivity index (χ1n) is 9.13. The molecule has 26 heavy (non-hydrogen) atoms. The molecule has 2 aliphatic rings. The van der Waals surface area contributed by atoms with Crippen molar-refractivity contribution in [2.45, 2.75) is 30.2 Å². The first-order chi connectivity index (χ1) is 12.5. The zero-order chi connectivity index (χ0) is 18.6. The Kier molecular flexibility index (Phi) is 6.29. The van der Waals surface area contributed by atoms with Gasteiger partial charge in [-0.25, -0.2) is 13.1 Å². The molecule has 7 nitrogen and oxygen atoms in total. The second kappa shape index (κ2) is 8.47. The predicted molar refractivity (Wildman–Crippen MR) is 98.5 cm³/mol. The molecule has 3 rings (SSSR count). The van der Waals surface area contributed by atoms with Crippen LogP contribution in [0.1, 0.15) is 29.6 Å². The normalized spacial score (nSPS) is 21.7. The molecule has 8 heteroatoms. The lowest BCUT2D eigenvalue weighted by Crippen LogP contribution is -2.44. The lowest BCUT2D eigenvalue weighted by atomic mass is 10.0. The van der Waals surface area contributed by atoms with Gasteiger partial charge in [-0.2, -0.15) is 0 Å². The second-order valence-electron chi connectivity index (χ2n) is 7.01. The number of ether oxygens (including phenoxy) is 1. The highest BCUT2D eigenvalue weighted by atomic mass is 32.2. The van der Waals surface area contributed by atoms with Crippen molar-refractivity contribution in [1.82, 2.24) is 14.9 Å². The van der Waals surface area contributed by atoms with Gasteiger partial charge in [-0.3, -0.25) is 4.79 Å². The summed E-state index contributed by atoms with van der Waals surface area (Å²) in [6, 6.07) is 6.47. The molecule has 1 aromatic carbocycles. The molecule has 1 atom stereocenters. The van der Waals surface area contributed by atoms with Crippen LogP contribution in [0.3, 0.4) is 0 Å². The highest BCUT2D eigenvalue weighted by molar-refractivity contribution is 7.89. The van der Waals surface area contributed by atoms with Crippen molar-refractivity contribution in [2.24, 2.45) is 5.92 Å². The summed E-state index contributed by atoms with van der Waals surface area (Å²) in [5, 5.41) is 3.28. The van der Waals surface area contributed by atoms with E-state index in [1.807, 2.05) is 0 Å². The van der Waals surface area contributed by atoms with Gasteiger partial charge in [0.25, 0.3) is 5.91 Å². The fraction of sp³-hybridized carbons (Fsp3) is 0.611. The van der Waals surface area contributed by atoms with Crippen LogP contribution in [0.25, 0.3) is 0 Å². The van der Waals surface area contributed by atoms with Gasteiger partial charge in [0, 0.05) is 31.8 Å². The Bertz CT molecular complexity index is 726. The number of nitrogens with zero attached hydrogens (tertiary/aromatic N) is 1. The van der Waals surface area contributed by atoms with E-state index in [1.54, 1.807) is 24.1 Å². The summed E-state index contributed by atoms with van der Waals surface area (Å²) in [5.41, 5.74) is 0.401. The highest BCUT2D eigenvalue weighted by Gasteiger charge is 2.25. The Morgan fingerprint density at radius 3 is 2.77 bits per heavy atom. The van der Waals surface area contributed by atoms with E-state index in [0.717, 1.165) is 32.4 Å². The van der Waals surface area contributed by atoms with E-state index in [0.29, 0.717) is 25.3 Å². The number of hydrogen-bond donors (Lipinski definition) is 2. The molecule has 2 N–H and O–H groups in total. The molecule has 0 spiro atoms. The third-order valence-electron chi connectivity index (χ3n) is 5.15. The Hall–Kier alpha value is -1.48. The molecule has 144 valence electrons. The number of amides is 1. The first-order valence-corrected chi connectivity index (χ1v) is 10.6. The third kappa shape index (κ3) is 4.62. The quantitative estimate of drug-likeness (QED) is 0.762. The molecule has 0 aromatic heterocycles. The Labute approximate surface area is 155 Å². The van der Waals surface area contributed by atoms with Crippen molar-refractivity contribution in [3.05, 3.63) is 29.8 Å². The van der Waals surface area contributed by atoms with Crippen molar-refractivity contribution < 1.29 is 17.9 Å². The number of piperidine rings is 1. The monoisotopic (exact) mass is 381 g/mol. The van der Waals surface area contributed by atoms with Crippen LogP contribution in [0.4, 0.5) is 0 Å². The average molecular weight is 381 g/mol. The zero-order valence-electron chi connectivity index (χ0n) is 15.1. The maximum atomic E-state index is 12.8. The number of hydrogen-bond acceptors (Lipinski definition) is 5. The Morgan fingerprint density at radius 1 is 1.31 bits per heavy atom. The van der Waals surface area contributed by atoms with Gasteiger partial charge in [0.1, 0.15) is 0 Å². The molecule has 0 saturated carbocycles. The number of carbonyl (C=O) groups excluding carboxylic acids is 1. The molecule has 2 heterocycles. The van der Waals surface area contributed by atoms with Crippen molar-refractivity contribution in [3.63, 3.8) is 0 Å². The van der Waals surface area contributed by atoms with Gasteiger partial charge in [-0.05, 0) is 56.5 Å². The SMILES string of the molecule is CN(C(=O)c1cccc(S(=O)(=O)NCC2CCOC2)c1)C1CCNCC1. The van der Waals surface area contributed by atoms with Crippen LogP contribution in [-0.4, -0.2) is 65.2 Å². The maximum absolute atomic E-state index is 12.8. The summed E-state index contributed by atoms with van der Waals surface area (Å²) in [4.78, 5) is 14.6. The number of rotatable bonds is 6. The van der Waals surface area contributed by atoms with E-state index >= 15 is 0 Å². The fourth-order valence-corrected chi connectivity index (χ4v) is 4.58. The van der Waals surface area contributed by atoms with E-state index in [9.17, 15) is 13.2 Å². The number of benzene rings is 1. The molecular formula is C18H27N3O4S. The van der Waals surface area contributed by atoms with E-state index in [-0.39, 0.29) is 22.8 Å². The number of nitrogens with one attached hydrogen (secondary N) is 2. The molecule has 0 radical (unpaired) electrons.